The summed E-state index contributed by atoms with van der Waals surface area (Å²) in [5.74, 6) is 0. The lowest BCUT2D eigenvalue weighted by atomic mass is 10.0. The Morgan fingerprint density at radius 2 is 2.14 bits per heavy atom. The second kappa shape index (κ2) is 5.23. The van der Waals surface area contributed by atoms with Crippen LogP contribution in [0.25, 0.3) is 4.98 Å². The highest BCUT2D eigenvalue weighted by molar-refractivity contribution is 5.70. The highest BCUT2D eigenvalue weighted by Crippen LogP contribution is 2.26. The van der Waals surface area contributed by atoms with Crippen LogP contribution < -0.4 is 5.73 Å². The maximum absolute atomic E-state index is 8.66. The molecule has 0 aliphatic carbocycles. The van der Waals surface area contributed by atoms with Crippen LogP contribution in [-0.4, -0.2) is 0 Å². The van der Waals surface area contributed by atoms with Crippen LogP contribution in [0.3, 0.4) is 0 Å². The summed E-state index contributed by atoms with van der Waals surface area (Å²) >= 11 is 0. The van der Waals surface area contributed by atoms with E-state index in [1.54, 1.807) is 6.07 Å². The Hall–Kier alpha value is -1.56. The molecule has 0 bridgehead atoms. The minimum Gasteiger partial charge on any atom is -0.392 e. The summed E-state index contributed by atoms with van der Waals surface area (Å²) < 4.78 is 0. The zero-order valence-electron chi connectivity index (χ0n) is 8.53. The Morgan fingerprint density at radius 3 is 2.79 bits per heavy atom. The van der Waals surface area contributed by atoms with Gasteiger partial charge in [-0.15, -0.1) is 0 Å². The van der Waals surface area contributed by atoms with Gasteiger partial charge < -0.3 is 5.73 Å². The molecule has 0 amide bonds. The van der Waals surface area contributed by atoms with Crippen LogP contribution in [0, 0.1) is 5.39 Å². The summed E-state index contributed by atoms with van der Waals surface area (Å²) in [6, 6.07) is 5.56. The molecule has 0 radical (unpaired) electrons. The van der Waals surface area contributed by atoms with Crippen molar-refractivity contribution in [3.05, 3.63) is 28.7 Å². The molecule has 0 spiro atoms. The van der Waals surface area contributed by atoms with Crippen LogP contribution in [-0.2, 0) is 6.42 Å². The van der Waals surface area contributed by atoms with E-state index in [1.165, 1.54) is 12.8 Å². The first-order valence-corrected chi connectivity index (χ1v) is 5.02. The molecule has 0 atom stereocenters. The summed E-state index contributed by atoms with van der Waals surface area (Å²) in [6.07, 6.45) is 4.50. The van der Waals surface area contributed by atoms with E-state index in [1.807, 2.05) is 12.1 Å². The summed E-state index contributed by atoms with van der Waals surface area (Å²) in [4.78, 5) is 3.13. The molecule has 14 heavy (non-hydrogen) atoms. The Morgan fingerprint density at radius 1 is 1.36 bits per heavy atom. The molecular formula is C11H16N3+. The van der Waals surface area contributed by atoms with Crippen molar-refractivity contribution < 1.29 is 0 Å². The van der Waals surface area contributed by atoms with Gasteiger partial charge in [0.05, 0.1) is 0 Å². The van der Waals surface area contributed by atoms with Gasteiger partial charge in [-0.05, 0) is 18.4 Å². The Kier molecular flexibility index (Phi) is 3.93. The van der Waals surface area contributed by atoms with Crippen LogP contribution in [0.5, 0.6) is 0 Å². The molecule has 1 aromatic carbocycles. The Labute approximate surface area is 84.6 Å². The summed E-state index contributed by atoms with van der Waals surface area (Å²) in [7, 11) is 0. The third-order valence-corrected chi connectivity index (χ3v) is 2.33. The fraction of sp³-hybridized carbons (Fsp3) is 0.455. The van der Waals surface area contributed by atoms with Crippen LogP contribution in [0.4, 0.5) is 11.4 Å². The molecule has 3 heteroatoms. The largest absolute Gasteiger partial charge is 0.407 e. The van der Waals surface area contributed by atoms with Crippen molar-refractivity contribution in [2.45, 2.75) is 32.6 Å². The van der Waals surface area contributed by atoms with Crippen LogP contribution >= 0.6 is 0 Å². The van der Waals surface area contributed by atoms with Gasteiger partial charge in [-0.3, -0.25) is 0 Å². The molecule has 0 aliphatic rings. The molecule has 0 unspecified atom stereocenters. The Bertz CT molecular complexity index is 339. The van der Waals surface area contributed by atoms with Crippen molar-refractivity contribution >= 4 is 11.4 Å². The number of aryl methyl sites for hydroxylation is 1. The molecule has 74 valence electrons. The summed E-state index contributed by atoms with van der Waals surface area (Å²) in [6.45, 7) is 2.17. The molecule has 2 N–H and O–H groups in total. The quantitative estimate of drug-likeness (QED) is 0.449. The molecule has 1 rings (SSSR count). The second-order valence-electron chi connectivity index (χ2n) is 3.41. The molecule has 0 aliphatic heterocycles. The third-order valence-electron chi connectivity index (χ3n) is 2.33. The number of para-hydroxylation sites is 1. The minimum atomic E-state index is 0.471. The lowest BCUT2D eigenvalue weighted by Crippen LogP contribution is -1.94. The van der Waals surface area contributed by atoms with Gasteiger partial charge in [-0.2, -0.15) is 0 Å². The molecule has 0 fully saturated rings. The van der Waals surface area contributed by atoms with Gasteiger partial charge in [-0.1, -0.05) is 31.9 Å². The van der Waals surface area contributed by atoms with E-state index in [9.17, 15) is 0 Å². The molecule has 0 saturated heterocycles. The number of hydrogen-bond acceptors (Lipinski definition) is 2. The summed E-state index contributed by atoms with van der Waals surface area (Å²) in [5.41, 5.74) is 7.97. The van der Waals surface area contributed by atoms with E-state index in [0.29, 0.717) is 11.4 Å². The average molecular weight is 190 g/mol. The topological polar surface area (TPSA) is 54.2 Å². The molecular weight excluding hydrogens is 174 g/mol. The van der Waals surface area contributed by atoms with Gasteiger partial charge in [0.15, 0.2) is 4.98 Å². The van der Waals surface area contributed by atoms with E-state index >= 15 is 0 Å². The molecule has 0 aromatic heterocycles. The first-order valence-electron chi connectivity index (χ1n) is 5.02. The number of nitrogens with zero attached hydrogens (tertiary/aromatic N) is 2. The number of rotatable bonds is 4. The maximum atomic E-state index is 8.66. The fourth-order valence-corrected chi connectivity index (χ4v) is 1.47. The monoisotopic (exact) mass is 190 g/mol. The third kappa shape index (κ3) is 2.46. The standard InChI is InChI=1S/C11H16N3/c1-2-3-4-6-9-7-5-8-10(14-13)11(9)12/h5,7-8H,2-4,6,12H2,1H3/q+1. The van der Waals surface area contributed by atoms with Crippen LogP contribution in [0.2, 0.25) is 0 Å². The number of nitrogen functional groups attached to an aromatic ring is 1. The van der Waals surface area contributed by atoms with Gasteiger partial charge >= 0.3 is 5.69 Å². The minimum absolute atomic E-state index is 0.471. The predicted molar refractivity (Wildman–Crippen MR) is 58.8 cm³/mol. The molecule has 0 heterocycles. The average Bonchev–Trinajstić information content (AvgIpc) is 2.21. The van der Waals surface area contributed by atoms with Crippen molar-refractivity contribution in [3.8, 4) is 0 Å². The van der Waals surface area contributed by atoms with E-state index in [-0.39, 0.29) is 0 Å². The SMILES string of the molecule is CCCCCc1cccc([N+]#N)c1N. The van der Waals surface area contributed by atoms with Crippen molar-refractivity contribution in [2.75, 3.05) is 5.73 Å². The van der Waals surface area contributed by atoms with E-state index in [4.69, 9.17) is 11.1 Å². The Balaban J connectivity index is 2.73. The van der Waals surface area contributed by atoms with Crippen molar-refractivity contribution in [1.82, 2.24) is 0 Å². The second-order valence-corrected chi connectivity index (χ2v) is 3.41. The number of nitrogens with two attached hydrogens (primary N) is 1. The number of benzene rings is 1. The number of unbranched alkanes of at least 4 members (excludes halogenated alkanes) is 2. The van der Waals surface area contributed by atoms with Gasteiger partial charge in [0.2, 0.25) is 5.39 Å². The normalized spacial score (nSPS) is 9.71. The highest BCUT2D eigenvalue weighted by atomic mass is 14.9. The molecule has 3 nitrogen and oxygen atoms in total. The zero-order chi connectivity index (χ0) is 10.4. The van der Waals surface area contributed by atoms with E-state index < -0.39 is 0 Å². The first-order chi connectivity index (χ1) is 6.79. The van der Waals surface area contributed by atoms with E-state index in [2.05, 4.69) is 11.9 Å². The summed E-state index contributed by atoms with van der Waals surface area (Å²) in [5, 5.41) is 8.66. The maximum Gasteiger partial charge on any atom is 0.407 e. The van der Waals surface area contributed by atoms with Crippen LogP contribution in [0.15, 0.2) is 18.2 Å². The number of hydrogen-bond donors (Lipinski definition) is 1. The van der Waals surface area contributed by atoms with Gasteiger partial charge in [-0.25, -0.2) is 0 Å². The lowest BCUT2D eigenvalue weighted by molar-refractivity contribution is 0.718. The van der Waals surface area contributed by atoms with Gasteiger partial charge in [0, 0.05) is 6.07 Å². The van der Waals surface area contributed by atoms with Crippen LogP contribution in [0.1, 0.15) is 31.7 Å². The fourth-order valence-electron chi connectivity index (χ4n) is 1.47. The first kappa shape index (κ1) is 10.5. The van der Waals surface area contributed by atoms with Crippen molar-refractivity contribution in [3.63, 3.8) is 0 Å². The zero-order valence-corrected chi connectivity index (χ0v) is 8.53. The number of anilines is 1. The van der Waals surface area contributed by atoms with E-state index in [0.717, 1.165) is 18.4 Å². The predicted octanol–water partition coefficient (Wildman–Crippen LogP) is 3.49. The molecule has 1 aromatic rings. The number of diazo groups is 1. The van der Waals surface area contributed by atoms with Crippen molar-refractivity contribution in [2.24, 2.45) is 0 Å². The van der Waals surface area contributed by atoms with Crippen molar-refractivity contribution in [1.29, 1.82) is 5.39 Å². The van der Waals surface area contributed by atoms with Gasteiger partial charge in [0.25, 0.3) is 0 Å². The highest BCUT2D eigenvalue weighted by Gasteiger charge is 2.13. The van der Waals surface area contributed by atoms with Gasteiger partial charge in [0.1, 0.15) is 5.69 Å². The lowest BCUT2D eigenvalue weighted by Gasteiger charge is -2.01. The smallest absolute Gasteiger partial charge is 0.392 e. The molecule has 0 saturated carbocycles.